The third-order valence-corrected chi connectivity index (χ3v) is 4.23. The Bertz CT molecular complexity index is 464. The minimum absolute atomic E-state index is 0.194. The summed E-state index contributed by atoms with van der Waals surface area (Å²) in [5.74, 6) is 0.194. The van der Waals surface area contributed by atoms with E-state index in [0.717, 1.165) is 32.5 Å². The fraction of sp³-hybridized carbons (Fsp3) is 0.562. The number of hydrogen-bond donors (Lipinski definition) is 1. The molecule has 4 heteroatoms. The lowest BCUT2D eigenvalue weighted by atomic mass is 10.1. The van der Waals surface area contributed by atoms with Crippen LogP contribution < -0.4 is 0 Å². The van der Waals surface area contributed by atoms with Crippen molar-refractivity contribution < 1.29 is 9.90 Å². The highest BCUT2D eigenvalue weighted by molar-refractivity contribution is 5.76. The van der Waals surface area contributed by atoms with Gasteiger partial charge in [-0.15, -0.1) is 0 Å². The minimum Gasteiger partial charge on any atom is -0.390 e. The number of likely N-dealkylation sites (tertiary alicyclic amines) is 1. The lowest BCUT2D eigenvalue weighted by Gasteiger charge is -2.30. The first kappa shape index (κ1) is 13.6. The number of piperidine rings is 1. The van der Waals surface area contributed by atoms with Crippen LogP contribution in [0.5, 0.6) is 0 Å². The SMILES string of the molecule is O=C1CCCCN1CC(O)CN1Cc2ccccc2C1. The molecule has 2 aliphatic heterocycles. The fourth-order valence-electron chi connectivity index (χ4n) is 3.20. The van der Waals surface area contributed by atoms with Crippen molar-refractivity contribution in [2.24, 2.45) is 0 Å². The summed E-state index contributed by atoms with van der Waals surface area (Å²) in [6, 6.07) is 8.42. The molecular formula is C16H22N2O2. The van der Waals surface area contributed by atoms with Gasteiger partial charge in [0.25, 0.3) is 0 Å². The molecule has 4 nitrogen and oxygen atoms in total. The number of carbonyl (C=O) groups is 1. The van der Waals surface area contributed by atoms with Gasteiger partial charge in [0.1, 0.15) is 0 Å². The highest BCUT2D eigenvalue weighted by Gasteiger charge is 2.24. The Morgan fingerprint density at radius 3 is 2.45 bits per heavy atom. The molecule has 0 aromatic heterocycles. The molecule has 108 valence electrons. The van der Waals surface area contributed by atoms with Gasteiger partial charge >= 0.3 is 0 Å². The van der Waals surface area contributed by atoms with Crippen molar-refractivity contribution in [3.05, 3.63) is 35.4 Å². The fourth-order valence-corrected chi connectivity index (χ4v) is 3.20. The molecule has 0 saturated carbocycles. The van der Waals surface area contributed by atoms with Gasteiger partial charge in [0.15, 0.2) is 0 Å². The molecule has 1 unspecified atom stereocenters. The third kappa shape index (κ3) is 3.02. The predicted molar refractivity (Wildman–Crippen MR) is 77.0 cm³/mol. The third-order valence-electron chi connectivity index (χ3n) is 4.23. The van der Waals surface area contributed by atoms with Crippen LogP contribution in [0.15, 0.2) is 24.3 Å². The van der Waals surface area contributed by atoms with Crippen molar-refractivity contribution in [2.45, 2.75) is 38.5 Å². The number of benzene rings is 1. The summed E-state index contributed by atoms with van der Waals surface area (Å²) in [4.78, 5) is 15.8. The van der Waals surface area contributed by atoms with E-state index in [4.69, 9.17) is 0 Å². The van der Waals surface area contributed by atoms with E-state index in [1.165, 1.54) is 11.1 Å². The average molecular weight is 274 g/mol. The van der Waals surface area contributed by atoms with E-state index in [2.05, 4.69) is 29.2 Å². The van der Waals surface area contributed by atoms with Gasteiger partial charge in [-0.3, -0.25) is 9.69 Å². The molecule has 2 heterocycles. The van der Waals surface area contributed by atoms with Crippen molar-refractivity contribution in [3.8, 4) is 0 Å². The molecule has 1 amide bonds. The Labute approximate surface area is 120 Å². The van der Waals surface area contributed by atoms with Crippen LogP contribution in [-0.4, -0.2) is 46.6 Å². The van der Waals surface area contributed by atoms with Crippen LogP contribution in [-0.2, 0) is 17.9 Å². The molecule has 3 rings (SSSR count). The largest absolute Gasteiger partial charge is 0.390 e. The number of β-amino-alcohol motifs (C(OH)–C–C–N with tert-alkyl or cyclic N) is 1. The summed E-state index contributed by atoms with van der Waals surface area (Å²) in [6.07, 6.45) is 2.24. The Morgan fingerprint density at radius 2 is 1.80 bits per heavy atom. The van der Waals surface area contributed by atoms with Crippen LogP contribution in [0.1, 0.15) is 30.4 Å². The van der Waals surface area contributed by atoms with Gasteiger partial charge in [-0.05, 0) is 24.0 Å². The van der Waals surface area contributed by atoms with Crippen LogP contribution in [0, 0.1) is 0 Å². The number of amides is 1. The lowest BCUT2D eigenvalue weighted by Crippen LogP contribution is -2.43. The first-order valence-electron chi connectivity index (χ1n) is 7.47. The average Bonchev–Trinajstić information content (AvgIpc) is 2.83. The van der Waals surface area contributed by atoms with Crippen LogP contribution in [0.25, 0.3) is 0 Å². The minimum atomic E-state index is -0.452. The topological polar surface area (TPSA) is 43.8 Å². The monoisotopic (exact) mass is 274 g/mol. The summed E-state index contributed by atoms with van der Waals surface area (Å²) in [5.41, 5.74) is 2.71. The van der Waals surface area contributed by atoms with Gasteiger partial charge in [-0.2, -0.15) is 0 Å². The van der Waals surface area contributed by atoms with Gasteiger partial charge in [-0.25, -0.2) is 0 Å². The summed E-state index contributed by atoms with van der Waals surface area (Å²) in [5, 5.41) is 10.2. The van der Waals surface area contributed by atoms with Crippen molar-refractivity contribution in [3.63, 3.8) is 0 Å². The number of nitrogens with zero attached hydrogens (tertiary/aromatic N) is 2. The zero-order valence-corrected chi connectivity index (χ0v) is 11.8. The highest BCUT2D eigenvalue weighted by Crippen LogP contribution is 2.22. The molecule has 0 radical (unpaired) electrons. The standard InChI is InChI=1S/C16H22N2O2/c19-15(12-18-8-4-3-7-16(18)20)11-17-9-13-5-1-2-6-14(13)10-17/h1-2,5-6,15,19H,3-4,7-12H2. The van der Waals surface area contributed by atoms with E-state index in [9.17, 15) is 9.90 Å². The molecule has 20 heavy (non-hydrogen) atoms. The van der Waals surface area contributed by atoms with Gasteiger partial charge in [-0.1, -0.05) is 24.3 Å². The van der Waals surface area contributed by atoms with Gasteiger partial charge < -0.3 is 10.0 Å². The highest BCUT2D eigenvalue weighted by atomic mass is 16.3. The second-order valence-corrected chi connectivity index (χ2v) is 5.89. The molecule has 1 fully saturated rings. The number of fused-ring (bicyclic) bond motifs is 1. The number of aliphatic hydroxyl groups is 1. The Hall–Kier alpha value is -1.39. The van der Waals surface area contributed by atoms with Crippen LogP contribution in [0.4, 0.5) is 0 Å². The predicted octanol–water partition coefficient (Wildman–Crippen LogP) is 1.38. The van der Waals surface area contributed by atoms with Crippen LogP contribution >= 0.6 is 0 Å². The Balaban J connectivity index is 1.50. The number of rotatable bonds is 4. The second kappa shape index (κ2) is 5.94. The maximum absolute atomic E-state index is 11.7. The Kier molecular flexibility index (Phi) is 4.03. The number of carbonyl (C=O) groups excluding carboxylic acids is 1. The zero-order chi connectivity index (χ0) is 13.9. The molecule has 1 N–H and O–H groups in total. The van der Waals surface area contributed by atoms with E-state index < -0.39 is 6.10 Å². The number of hydrogen-bond acceptors (Lipinski definition) is 3. The van der Waals surface area contributed by atoms with E-state index in [0.29, 0.717) is 19.5 Å². The summed E-state index contributed by atoms with van der Waals surface area (Å²) < 4.78 is 0. The van der Waals surface area contributed by atoms with E-state index in [-0.39, 0.29) is 5.91 Å². The molecular weight excluding hydrogens is 252 g/mol. The smallest absolute Gasteiger partial charge is 0.222 e. The van der Waals surface area contributed by atoms with Gasteiger partial charge in [0, 0.05) is 39.1 Å². The molecule has 0 spiro atoms. The van der Waals surface area contributed by atoms with Crippen molar-refractivity contribution in [2.75, 3.05) is 19.6 Å². The van der Waals surface area contributed by atoms with Crippen LogP contribution in [0.3, 0.4) is 0 Å². The maximum atomic E-state index is 11.7. The van der Waals surface area contributed by atoms with E-state index in [1.807, 2.05) is 4.90 Å². The quantitative estimate of drug-likeness (QED) is 0.902. The summed E-state index contributed by atoms with van der Waals surface area (Å²) in [7, 11) is 0. The molecule has 1 saturated heterocycles. The molecule has 1 atom stereocenters. The first-order valence-corrected chi connectivity index (χ1v) is 7.47. The van der Waals surface area contributed by atoms with Crippen LogP contribution in [0.2, 0.25) is 0 Å². The van der Waals surface area contributed by atoms with Crippen molar-refractivity contribution >= 4 is 5.91 Å². The molecule has 2 aliphatic rings. The molecule has 1 aromatic carbocycles. The van der Waals surface area contributed by atoms with E-state index >= 15 is 0 Å². The zero-order valence-electron chi connectivity index (χ0n) is 11.8. The molecule has 0 bridgehead atoms. The van der Waals surface area contributed by atoms with Gasteiger partial charge in [0.2, 0.25) is 5.91 Å². The maximum Gasteiger partial charge on any atom is 0.222 e. The molecule has 1 aromatic rings. The summed E-state index contributed by atoms with van der Waals surface area (Å²) >= 11 is 0. The van der Waals surface area contributed by atoms with E-state index in [1.54, 1.807) is 0 Å². The first-order chi connectivity index (χ1) is 9.72. The normalized spacial score (nSPS) is 21.1. The second-order valence-electron chi connectivity index (χ2n) is 5.89. The molecule has 0 aliphatic carbocycles. The number of aliphatic hydroxyl groups excluding tert-OH is 1. The van der Waals surface area contributed by atoms with Gasteiger partial charge in [0.05, 0.1) is 6.10 Å². The lowest BCUT2D eigenvalue weighted by molar-refractivity contribution is -0.134. The summed E-state index contributed by atoms with van der Waals surface area (Å²) in [6.45, 7) is 3.72. The Morgan fingerprint density at radius 1 is 1.10 bits per heavy atom. The van der Waals surface area contributed by atoms with Crippen molar-refractivity contribution in [1.82, 2.24) is 9.80 Å². The van der Waals surface area contributed by atoms with Crippen molar-refractivity contribution in [1.29, 1.82) is 0 Å².